The zero-order chi connectivity index (χ0) is 34.2. The van der Waals surface area contributed by atoms with Crippen molar-refractivity contribution in [3.63, 3.8) is 0 Å². The Kier molecular flexibility index (Phi) is 10.6. The number of likely N-dealkylation sites (tertiary alicyclic amines) is 1. The first-order valence-electron chi connectivity index (χ1n) is 16.4. The number of carbonyl (C=O) groups excluding carboxylic acids is 1. The summed E-state index contributed by atoms with van der Waals surface area (Å²) in [5, 5.41) is 7.34. The molecule has 5 aromatic rings. The van der Waals surface area contributed by atoms with Crippen LogP contribution in [0.15, 0.2) is 85.3 Å². The fourth-order valence-electron chi connectivity index (χ4n) is 5.84. The van der Waals surface area contributed by atoms with E-state index in [2.05, 4.69) is 25.3 Å². The van der Waals surface area contributed by atoms with Crippen LogP contribution in [0.5, 0.6) is 17.2 Å². The Hall–Kier alpha value is -5.49. The van der Waals surface area contributed by atoms with Gasteiger partial charge in [-0.15, -0.1) is 0 Å². The molecule has 2 aromatic heterocycles. The summed E-state index contributed by atoms with van der Waals surface area (Å²) >= 11 is 0. The highest BCUT2D eigenvalue weighted by atomic mass is 19.1. The molecule has 1 saturated heterocycles. The fraction of sp³-hybridized carbons (Fsp3) is 0.297. The third-order valence-electron chi connectivity index (χ3n) is 8.34. The molecule has 49 heavy (non-hydrogen) atoms. The number of amides is 1. The van der Waals surface area contributed by atoms with E-state index >= 15 is 4.39 Å². The first-order chi connectivity index (χ1) is 23.9. The zero-order valence-electron chi connectivity index (χ0n) is 27.9. The van der Waals surface area contributed by atoms with Crippen LogP contribution in [-0.2, 0) is 0 Å². The van der Waals surface area contributed by atoms with E-state index in [1.807, 2.05) is 50.4 Å². The van der Waals surface area contributed by atoms with E-state index < -0.39 is 11.9 Å². The molecular weight excluding hydrogens is 625 g/mol. The van der Waals surface area contributed by atoms with E-state index in [9.17, 15) is 4.79 Å². The molecule has 1 aliphatic heterocycles. The van der Waals surface area contributed by atoms with Gasteiger partial charge in [-0.1, -0.05) is 24.6 Å². The summed E-state index contributed by atoms with van der Waals surface area (Å²) in [4.78, 5) is 26.7. The summed E-state index contributed by atoms with van der Waals surface area (Å²) in [6.45, 7) is 7.37. The van der Waals surface area contributed by atoms with E-state index in [1.54, 1.807) is 41.2 Å². The van der Waals surface area contributed by atoms with Gasteiger partial charge in [-0.05, 0) is 87.7 Å². The molecule has 3 heterocycles. The van der Waals surface area contributed by atoms with Crippen LogP contribution in [0.4, 0.5) is 32.3 Å². The lowest BCUT2D eigenvalue weighted by Gasteiger charge is -2.26. The van der Waals surface area contributed by atoms with Gasteiger partial charge in [0.1, 0.15) is 17.3 Å². The van der Waals surface area contributed by atoms with Gasteiger partial charge in [0, 0.05) is 49.0 Å². The molecule has 254 valence electrons. The number of aromatic nitrogens is 4. The molecule has 0 saturated carbocycles. The van der Waals surface area contributed by atoms with Crippen molar-refractivity contribution in [3.8, 4) is 22.9 Å². The lowest BCUT2D eigenvalue weighted by Crippen LogP contribution is -2.31. The van der Waals surface area contributed by atoms with Gasteiger partial charge in [0.2, 0.25) is 5.95 Å². The lowest BCUT2D eigenvalue weighted by atomic mass is 10.1. The highest BCUT2D eigenvalue weighted by molar-refractivity contribution is 5.98. The van der Waals surface area contributed by atoms with Crippen LogP contribution < -0.4 is 24.4 Å². The number of para-hydroxylation sites is 1. The minimum atomic E-state index is -0.708. The molecule has 1 amide bonds. The van der Waals surface area contributed by atoms with Crippen molar-refractivity contribution in [2.45, 2.75) is 39.5 Å². The molecule has 1 N–H and O–H groups in total. The maximum Gasteiger partial charge on any atom is 0.425 e. The lowest BCUT2D eigenvalue weighted by molar-refractivity contribution is 0.203. The molecule has 0 aliphatic carbocycles. The van der Waals surface area contributed by atoms with E-state index in [0.29, 0.717) is 29.5 Å². The summed E-state index contributed by atoms with van der Waals surface area (Å²) in [7, 11) is 1.52. The summed E-state index contributed by atoms with van der Waals surface area (Å²) in [6.07, 6.45) is 8.88. The average Bonchev–Trinajstić information content (AvgIpc) is 3.66. The van der Waals surface area contributed by atoms with Gasteiger partial charge in [0.15, 0.2) is 11.6 Å². The first kappa shape index (κ1) is 33.4. The van der Waals surface area contributed by atoms with Crippen molar-refractivity contribution >= 4 is 29.2 Å². The van der Waals surface area contributed by atoms with Crippen LogP contribution in [0, 0.1) is 19.7 Å². The first-order valence-corrected chi connectivity index (χ1v) is 16.4. The Labute approximate surface area is 285 Å². The molecule has 0 atom stereocenters. The van der Waals surface area contributed by atoms with Crippen LogP contribution in [0.25, 0.3) is 5.69 Å². The maximum absolute atomic E-state index is 15.1. The van der Waals surface area contributed by atoms with Gasteiger partial charge < -0.3 is 24.4 Å². The fourth-order valence-corrected chi connectivity index (χ4v) is 5.84. The number of piperidine rings is 1. The van der Waals surface area contributed by atoms with E-state index in [0.717, 1.165) is 42.9 Å². The van der Waals surface area contributed by atoms with Gasteiger partial charge in [0.05, 0.1) is 25.1 Å². The number of nitrogens with zero attached hydrogens (tertiary/aromatic N) is 6. The van der Waals surface area contributed by atoms with E-state index in [-0.39, 0.29) is 17.5 Å². The number of benzene rings is 3. The Balaban J connectivity index is 1.23. The highest BCUT2D eigenvalue weighted by Gasteiger charge is 2.27. The third kappa shape index (κ3) is 8.15. The average molecular weight is 666 g/mol. The van der Waals surface area contributed by atoms with Gasteiger partial charge in [-0.25, -0.2) is 23.8 Å². The largest absolute Gasteiger partial charge is 0.494 e. The number of anilines is 4. The quantitative estimate of drug-likeness (QED) is 0.134. The molecule has 0 radical (unpaired) electrons. The van der Waals surface area contributed by atoms with Gasteiger partial charge in [-0.3, -0.25) is 0 Å². The molecule has 0 unspecified atom stereocenters. The van der Waals surface area contributed by atoms with Crippen molar-refractivity contribution in [1.29, 1.82) is 0 Å². The standard InChI is InChI=1S/C37H40FN7O4/c1-26-10-7-11-27(2)35(26)49-37(46)45(31-14-13-29(25-33(31)47-3)44-22-8-17-40-44)34-16-18-39-36(42-34)41-28-12-15-32(30(38)24-28)48-23-9-21-43-19-5-4-6-20-43/h7-8,10-18,22,24-25H,4-6,9,19-21,23H2,1-3H3,(H,39,41,42). The number of rotatable bonds is 12. The minimum Gasteiger partial charge on any atom is -0.494 e. The highest BCUT2D eigenvalue weighted by Crippen LogP contribution is 2.36. The van der Waals surface area contributed by atoms with Crippen molar-refractivity contribution in [2.24, 2.45) is 0 Å². The number of ether oxygens (including phenoxy) is 3. The SMILES string of the molecule is COc1cc(-n2cccn2)ccc1N(C(=O)Oc1c(C)cccc1C)c1ccnc(Nc2ccc(OCCCN3CCCCC3)c(F)c2)n1. The molecule has 1 fully saturated rings. The Morgan fingerprint density at radius 1 is 0.959 bits per heavy atom. The molecule has 1 aliphatic rings. The summed E-state index contributed by atoms with van der Waals surface area (Å²) in [5.41, 5.74) is 3.13. The van der Waals surface area contributed by atoms with Crippen LogP contribution in [0.3, 0.4) is 0 Å². The monoisotopic (exact) mass is 665 g/mol. The van der Waals surface area contributed by atoms with E-state index in [4.69, 9.17) is 14.2 Å². The van der Waals surface area contributed by atoms with Crippen molar-refractivity contribution in [1.82, 2.24) is 24.6 Å². The number of methoxy groups -OCH3 is 1. The van der Waals surface area contributed by atoms with Crippen molar-refractivity contribution in [2.75, 3.05) is 43.6 Å². The minimum absolute atomic E-state index is 0.143. The third-order valence-corrected chi connectivity index (χ3v) is 8.34. The predicted octanol–water partition coefficient (Wildman–Crippen LogP) is 7.76. The molecule has 0 bridgehead atoms. The normalized spacial score (nSPS) is 13.1. The van der Waals surface area contributed by atoms with Crippen LogP contribution in [-0.4, -0.2) is 64.1 Å². The smallest absolute Gasteiger partial charge is 0.425 e. The predicted molar refractivity (Wildman–Crippen MR) is 186 cm³/mol. The van der Waals surface area contributed by atoms with Gasteiger partial charge in [0.25, 0.3) is 0 Å². The van der Waals surface area contributed by atoms with E-state index in [1.165, 1.54) is 43.5 Å². The number of halogens is 1. The molecule has 11 nitrogen and oxygen atoms in total. The topological polar surface area (TPSA) is 107 Å². The number of hydrogen-bond donors (Lipinski definition) is 1. The Morgan fingerprint density at radius 3 is 2.51 bits per heavy atom. The zero-order valence-corrected chi connectivity index (χ0v) is 27.9. The number of carbonyl (C=O) groups is 1. The summed E-state index contributed by atoms with van der Waals surface area (Å²) < 4.78 is 34.2. The molecule has 3 aromatic carbocycles. The molecule has 0 spiro atoms. The molecule has 12 heteroatoms. The number of aryl methyl sites for hydroxylation is 2. The van der Waals surface area contributed by atoms with Crippen molar-refractivity contribution < 1.29 is 23.4 Å². The van der Waals surface area contributed by atoms with Crippen LogP contribution in [0.2, 0.25) is 0 Å². The number of nitrogens with one attached hydrogen (secondary N) is 1. The van der Waals surface area contributed by atoms with Crippen molar-refractivity contribution in [3.05, 3.63) is 102 Å². The summed E-state index contributed by atoms with van der Waals surface area (Å²) in [5.74, 6) is 0.858. The molecule has 6 rings (SSSR count). The summed E-state index contributed by atoms with van der Waals surface area (Å²) in [6, 6.07) is 19.0. The number of hydrogen-bond acceptors (Lipinski definition) is 9. The second kappa shape index (κ2) is 15.6. The Bertz CT molecular complexity index is 1860. The Morgan fingerprint density at radius 2 is 1.78 bits per heavy atom. The van der Waals surface area contributed by atoms with Gasteiger partial charge in [-0.2, -0.15) is 10.1 Å². The van der Waals surface area contributed by atoms with Crippen LogP contribution >= 0.6 is 0 Å². The second-order valence-corrected chi connectivity index (χ2v) is 11.8. The van der Waals surface area contributed by atoms with Gasteiger partial charge >= 0.3 is 6.09 Å². The second-order valence-electron chi connectivity index (χ2n) is 11.8. The maximum atomic E-state index is 15.1. The molecular formula is C37H40FN7O4. The van der Waals surface area contributed by atoms with Crippen LogP contribution in [0.1, 0.15) is 36.8 Å².